The van der Waals surface area contributed by atoms with E-state index in [2.05, 4.69) is 10.1 Å². The van der Waals surface area contributed by atoms with Crippen LogP contribution >= 0.6 is 0 Å². The molecule has 1 atom stereocenters. The van der Waals surface area contributed by atoms with E-state index < -0.39 is 0 Å². The summed E-state index contributed by atoms with van der Waals surface area (Å²) in [6.07, 6.45) is 5.06. The van der Waals surface area contributed by atoms with Gasteiger partial charge in [-0.25, -0.2) is 0 Å². The van der Waals surface area contributed by atoms with Crippen molar-refractivity contribution >= 4 is 11.9 Å². The van der Waals surface area contributed by atoms with E-state index in [0.29, 0.717) is 30.9 Å². The van der Waals surface area contributed by atoms with Crippen molar-refractivity contribution < 1.29 is 23.8 Å². The lowest BCUT2D eigenvalue weighted by Crippen LogP contribution is -2.25. The van der Waals surface area contributed by atoms with E-state index in [1.807, 2.05) is 12.1 Å². The van der Waals surface area contributed by atoms with Gasteiger partial charge in [-0.05, 0) is 37.8 Å². The van der Waals surface area contributed by atoms with Crippen molar-refractivity contribution in [3.05, 3.63) is 29.8 Å². The summed E-state index contributed by atoms with van der Waals surface area (Å²) in [4.78, 5) is 23.4. The first-order chi connectivity index (χ1) is 12.2. The first kappa shape index (κ1) is 19.2. The van der Waals surface area contributed by atoms with E-state index in [1.165, 1.54) is 7.11 Å². The van der Waals surface area contributed by atoms with Crippen LogP contribution in [0.1, 0.15) is 48.9 Å². The van der Waals surface area contributed by atoms with Gasteiger partial charge in [0.15, 0.2) is 0 Å². The fourth-order valence-electron chi connectivity index (χ4n) is 2.71. The zero-order valence-corrected chi connectivity index (χ0v) is 14.8. The number of unbranched alkanes of at least 4 members (excludes halogenated alkanes) is 2. The second-order valence-electron chi connectivity index (χ2n) is 6.08. The molecule has 1 aromatic carbocycles. The van der Waals surface area contributed by atoms with Crippen LogP contribution in [0.2, 0.25) is 0 Å². The Morgan fingerprint density at radius 1 is 1.24 bits per heavy atom. The molecule has 1 aromatic rings. The van der Waals surface area contributed by atoms with Crippen LogP contribution in [0, 0.1) is 0 Å². The molecule has 0 unspecified atom stereocenters. The predicted octanol–water partition coefficient (Wildman–Crippen LogP) is 2.71. The van der Waals surface area contributed by atoms with Crippen LogP contribution in [0.15, 0.2) is 24.3 Å². The molecule has 1 saturated heterocycles. The van der Waals surface area contributed by atoms with Crippen LogP contribution < -0.4 is 10.1 Å². The quantitative estimate of drug-likeness (QED) is 0.519. The third-order valence-electron chi connectivity index (χ3n) is 4.15. The Morgan fingerprint density at radius 3 is 2.84 bits per heavy atom. The monoisotopic (exact) mass is 349 g/mol. The third kappa shape index (κ3) is 6.74. The number of esters is 1. The number of amides is 1. The number of benzene rings is 1. The molecule has 0 aliphatic carbocycles. The van der Waals surface area contributed by atoms with Crippen molar-refractivity contribution in [1.29, 1.82) is 0 Å². The van der Waals surface area contributed by atoms with Gasteiger partial charge in [-0.2, -0.15) is 0 Å². The van der Waals surface area contributed by atoms with Gasteiger partial charge < -0.3 is 19.5 Å². The molecule has 1 aliphatic heterocycles. The fourth-order valence-corrected chi connectivity index (χ4v) is 2.71. The van der Waals surface area contributed by atoms with Gasteiger partial charge in [-0.1, -0.05) is 18.6 Å². The van der Waals surface area contributed by atoms with E-state index in [9.17, 15) is 9.59 Å². The molecule has 1 N–H and O–H groups in total. The highest BCUT2D eigenvalue weighted by molar-refractivity contribution is 5.96. The first-order valence-corrected chi connectivity index (χ1v) is 8.89. The van der Waals surface area contributed by atoms with Crippen molar-refractivity contribution in [3.63, 3.8) is 0 Å². The van der Waals surface area contributed by atoms with Crippen LogP contribution in [0.3, 0.4) is 0 Å². The average molecular weight is 349 g/mol. The lowest BCUT2D eigenvalue weighted by atomic mass is 10.1. The number of para-hydroxylation sites is 1. The normalized spacial score (nSPS) is 16.4. The molecule has 1 aliphatic rings. The zero-order valence-electron chi connectivity index (χ0n) is 14.8. The Labute approximate surface area is 148 Å². The molecule has 0 bridgehead atoms. The maximum absolute atomic E-state index is 12.4. The van der Waals surface area contributed by atoms with Gasteiger partial charge in [0, 0.05) is 19.6 Å². The van der Waals surface area contributed by atoms with Crippen molar-refractivity contribution in [1.82, 2.24) is 5.32 Å². The van der Waals surface area contributed by atoms with Crippen molar-refractivity contribution in [3.8, 4) is 5.75 Å². The Balaban J connectivity index is 1.72. The van der Waals surface area contributed by atoms with Crippen molar-refractivity contribution in [2.45, 2.75) is 44.6 Å². The maximum Gasteiger partial charge on any atom is 0.305 e. The number of carbonyl (C=O) groups is 2. The summed E-state index contributed by atoms with van der Waals surface area (Å²) < 4.78 is 15.9. The lowest BCUT2D eigenvalue weighted by Gasteiger charge is -2.14. The standard InChI is InChI=1S/C19H27NO5/c1-23-18(21)11-3-2-6-12-20-19(22)16-9-4-5-10-17(16)25-14-15-8-7-13-24-15/h4-5,9-10,15H,2-3,6-8,11-14H2,1H3,(H,20,22)/t15-/m0/s1. The minimum atomic E-state index is -0.193. The Morgan fingerprint density at radius 2 is 2.08 bits per heavy atom. The number of ether oxygens (including phenoxy) is 3. The fraction of sp³-hybridized carbons (Fsp3) is 0.579. The molecule has 2 rings (SSSR count). The minimum Gasteiger partial charge on any atom is -0.490 e. The van der Waals surface area contributed by atoms with Crippen LogP contribution in [0.5, 0.6) is 5.75 Å². The molecular formula is C19H27NO5. The minimum absolute atomic E-state index is 0.117. The molecule has 25 heavy (non-hydrogen) atoms. The summed E-state index contributed by atoms with van der Waals surface area (Å²) in [5.74, 6) is 0.249. The number of hydrogen-bond acceptors (Lipinski definition) is 5. The third-order valence-corrected chi connectivity index (χ3v) is 4.15. The predicted molar refractivity (Wildman–Crippen MR) is 93.7 cm³/mol. The average Bonchev–Trinajstić information content (AvgIpc) is 3.16. The highest BCUT2D eigenvalue weighted by atomic mass is 16.5. The van der Waals surface area contributed by atoms with Gasteiger partial charge in [0.25, 0.3) is 5.91 Å². The molecule has 1 heterocycles. The van der Waals surface area contributed by atoms with Gasteiger partial charge in [0.05, 0.1) is 18.8 Å². The van der Waals surface area contributed by atoms with Gasteiger partial charge >= 0.3 is 5.97 Å². The molecule has 0 spiro atoms. The Bertz CT molecular complexity index is 555. The number of hydrogen-bond donors (Lipinski definition) is 1. The van der Waals surface area contributed by atoms with E-state index >= 15 is 0 Å². The molecule has 1 fully saturated rings. The SMILES string of the molecule is COC(=O)CCCCCNC(=O)c1ccccc1OC[C@@H]1CCCO1. The van der Waals surface area contributed by atoms with E-state index in [0.717, 1.165) is 38.7 Å². The first-order valence-electron chi connectivity index (χ1n) is 8.89. The van der Waals surface area contributed by atoms with E-state index in [4.69, 9.17) is 9.47 Å². The second-order valence-corrected chi connectivity index (χ2v) is 6.08. The molecule has 6 nitrogen and oxygen atoms in total. The largest absolute Gasteiger partial charge is 0.490 e. The molecule has 0 saturated carbocycles. The maximum atomic E-state index is 12.4. The van der Waals surface area contributed by atoms with Crippen molar-refractivity contribution in [2.24, 2.45) is 0 Å². The molecular weight excluding hydrogens is 322 g/mol. The highest BCUT2D eigenvalue weighted by Gasteiger charge is 2.18. The van der Waals surface area contributed by atoms with Crippen LogP contribution in [0.25, 0.3) is 0 Å². The van der Waals surface area contributed by atoms with Gasteiger partial charge in [-0.3, -0.25) is 9.59 Å². The second kappa shape index (κ2) is 10.7. The van der Waals surface area contributed by atoms with Crippen LogP contribution in [0.4, 0.5) is 0 Å². The molecule has 6 heteroatoms. The van der Waals surface area contributed by atoms with Gasteiger partial charge in [0.2, 0.25) is 0 Å². The Hall–Kier alpha value is -2.08. The van der Waals surface area contributed by atoms with Crippen LogP contribution in [-0.4, -0.2) is 44.8 Å². The molecule has 1 amide bonds. The summed E-state index contributed by atoms with van der Waals surface area (Å²) in [5, 5.41) is 2.90. The topological polar surface area (TPSA) is 73.9 Å². The van der Waals surface area contributed by atoms with Gasteiger partial charge in [-0.15, -0.1) is 0 Å². The van der Waals surface area contributed by atoms with Gasteiger partial charge in [0.1, 0.15) is 12.4 Å². The van der Waals surface area contributed by atoms with E-state index in [-0.39, 0.29) is 18.0 Å². The lowest BCUT2D eigenvalue weighted by molar-refractivity contribution is -0.140. The zero-order chi connectivity index (χ0) is 17.9. The number of carbonyl (C=O) groups excluding carboxylic acids is 2. The molecule has 0 aromatic heterocycles. The summed E-state index contributed by atoms with van der Waals surface area (Å²) in [6.45, 7) is 1.82. The van der Waals surface area contributed by atoms with Crippen LogP contribution in [-0.2, 0) is 14.3 Å². The molecule has 0 radical (unpaired) electrons. The Kier molecular flexibility index (Phi) is 8.25. The summed E-state index contributed by atoms with van der Waals surface area (Å²) in [5.41, 5.74) is 0.537. The highest BCUT2D eigenvalue weighted by Crippen LogP contribution is 2.20. The number of rotatable bonds is 10. The number of nitrogens with one attached hydrogen (secondary N) is 1. The summed E-state index contributed by atoms with van der Waals surface area (Å²) >= 11 is 0. The molecule has 138 valence electrons. The van der Waals surface area contributed by atoms with Crippen molar-refractivity contribution in [2.75, 3.05) is 26.9 Å². The van der Waals surface area contributed by atoms with E-state index in [1.54, 1.807) is 12.1 Å². The summed E-state index contributed by atoms with van der Waals surface area (Å²) in [7, 11) is 1.39. The number of methoxy groups -OCH3 is 1. The summed E-state index contributed by atoms with van der Waals surface area (Å²) in [6, 6.07) is 7.25. The smallest absolute Gasteiger partial charge is 0.305 e.